The molecule has 5 aliphatic heterocycles. The number of rotatable bonds is 11. The van der Waals surface area contributed by atoms with Gasteiger partial charge in [0.15, 0.2) is 34.3 Å². The molecule has 6 aromatic heterocycles. The van der Waals surface area contributed by atoms with E-state index in [2.05, 4.69) is 75.3 Å². The van der Waals surface area contributed by atoms with Crippen molar-refractivity contribution in [1.82, 2.24) is 73.4 Å². The molecule has 0 saturated heterocycles. The average Bonchev–Trinajstić information content (AvgIpc) is 1.61. The molecule has 6 aliphatic rings. The number of fused-ring (bicyclic) bond motifs is 15. The van der Waals surface area contributed by atoms with E-state index < -0.39 is 30.1 Å². The molecular formula is C113H86F5N21O5. The Labute approximate surface area is 824 Å². The van der Waals surface area contributed by atoms with Gasteiger partial charge in [0.25, 0.3) is 29.5 Å². The van der Waals surface area contributed by atoms with Gasteiger partial charge < -0.3 is 25.8 Å². The van der Waals surface area contributed by atoms with Gasteiger partial charge in [-0.3, -0.25) is 67.0 Å². The number of nitrogens with two attached hydrogens (primary N) is 1. The van der Waals surface area contributed by atoms with Crippen LogP contribution in [0.4, 0.5) is 22.0 Å². The summed E-state index contributed by atoms with van der Waals surface area (Å²) in [6, 6.07) is 58.1. The van der Waals surface area contributed by atoms with Crippen molar-refractivity contribution in [3.05, 3.63) is 414 Å². The number of aliphatic imine (C=N–C) groups is 5. The Morgan fingerprint density at radius 3 is 0.924 bits per heavy atom. The highest BCUT2D eigenvalue weighted by molar-refractivity contribution is 6.19. The summed E-state index contributed by atoms with van der Waals surface area (Å²) in [6.45, 7) is 11.1. The SMILES string of the molecule is C#Cc1ccc2c(c1)C(c1ccccc1F)=N[C@H](C)c1c(-c3nc(C)no3)ncn1-2.C#Cc1ccc2c(c1)C(c1ccccc1F)=N[C@H](C)c1c(C(=O)N(C)C)ncn1-2.C#Cc1ccc2c(c1)C(c1ccccc1F)=N[C@H](C)c1c(C(=O)NC)ncn1-2.C#Cc1ccc2c(c1)C(c1ccccc1F)=N[C@H](C)c1c(C(=O)NC3CC3)ncn1-2.C#Cc1ccc2c(c1)C(c1ccccc1F)=N[C@H](C)c1c(C(N)=O)ncn1-2. The number of hydrogen-bond acceptors (Lipinski definition) is 17. The smallest absolute Gasteiger partial charge is 0.278 e. The number of imidazole rings is 5. The molecular weight excluding hydrogens is 1830 g/mol. The molecule has 31 heteroatoms. The van der Waals surface area contributed by atoms with Crippen LogP contribution < -0.4 is 16.4 Å². The second kappa shape index (κ2) is 39.9. The molecule has 10 aromatic carbocycles. The molecule has 26 nitrogen and oxygen atoms in total. The van der Waals surface area contributed by atoms with Gasteiger partial charge in [-0.2, -0.15) is 4.98 Å². The first-order valence-electron chi connectivity index (χ1n) is 45.5. The number of halogens is 5. The van der Waals surface area contributed by atoms with E-state index in [9.17, 15) is 41.1 Å². The zero-order valence-corrected chi connectivity index (χ0v) is 78.9. The third-order valence-electron chi connectivity index (χ3n) is 24.8. The molecule has 5 atom stereocenters. The Balaban J connectivity index is 0.000000118. The van der Waals surface area contributed by atoms with E-state index >= 15 is 0 Å². The fourth-order valence-electron chi connectivity index (χ4n) is 17.9. The van der Waals surface area contributed by atoms with Crippen molar-refractivity contribution in [2.75, 3.05) is 21.1 Å². The van der Waals surface area contributed by atoms with Crippen LogP contribution in [0.1, 0.15) is 237 Å². The summed E-state index contributed by atoms with van der Waals surface area (Å²) in [6.07, 6.45) is 38.0. The zero-order chi connectivity index (χ0) is 101. The molecule has 4 amide bonds. The maximum Gasteiger partial charge on any atom is 0.278 e. The van der Waals surface area contributed by atoms with Crippen LogP contribution in [0.25, 0.3) is 40.0 Å². The van der Waals surface area contributed by atoms with Crippen molar-refractivity contribution >= 4 is 52.2 Å². The van der Waals surface area contributed by atoms with Gasteiger partial charge in [0.05, 0.1) is 116 Å². The second-order valence-corrected chi connectivity index (χ2v) is 34.3. The Kier molecular flexibility index (Phi) is 26.4. The summed E-state index contributed by atoms with van der Waals surface area (Å²) in [7, 11) is 4.91. The van der Waals surface area contributed by atoms with Crippen molar-refractivity contribution in [3.63, 3.8) is 0 Å². The Bertz CT molecular complexity index is 8360. The standard InChI is InChI=1S/C24H19FN4O.C23H16FN5O.C23H19FN4O.C22H17FN4O.C21H15FN4O/c1-3-15-8-11-20-18(12-15)21(17-6-4-5-7-19(17)25)27-14(2)23-22(26-13-29(20)23)24(30)28-16-9-10-16;1-4-15-9-10-19-17(11-15)20(16-7-5-6-8-18(16)24)26-13(2)22-21(25-12-29(19)22)23-27-14(3)28-30-23;1-5-15-10-11-19-17(12-15)20(16-8-6-7-9-18(16)24)26-14(2)22-21(23(29)27(3)4)25-13-28(19)22;1-4-14-9-10-18-16(11-14)19(15-7-5-6-8-17(15)23)26-13(2)21-20(22(28)24-3)25-12-27(18)21;1-3-13-8-9-17-15(10-13)18(14-6-4-5-7-16(14)22)25-12(2)20-19(21(23)27)24-11-26(17)20/h1,4-8,11-14,16H,9-10H2,2H3,(H,28,30);1,5-13H,2-3H3;1,6-14H,2-4H3;1,5-13H,2-3H3,(H,24,28);1,4-12H,2H3,(H2,23,27)/t14-;13-;14-;13-;12-/m11111/s1. The van der Waals surface area contributed by atoms with Crippen molar-refractivity contribution < 1.29 is 45.7 Å². The summed E-state index contributed by atoms with van der Waals surface area (Å²) in [5, 5.41) is 9.46. The van der Waals surface area contributed by atoms with E-state index in [1.54, 1.807) is 167 Å². The molecule has 22 rings (SSSR count). The number of carbonyl (C=O) groups excluding carboxylic acids is 4. The van der Waals surface area contributed by atoms with E-state index in [0.29, 0.717) is 169 Å². The van der Waals surface area contributed by atoms with Gasteiger partial charge in [-0.15, -0.1) is 32.1 Å². The Morgan fingerprint density at radius 1 is 0.375 bits per heavy atom. The van der Waals surface area contributed by atoms with Crippen LogP contribution >= 0.6 is 0 Å². The monoisotopic (exact) mass is 1910 g/mol. The minimum atomic E-state index is -0.637. The molecule has 0 bridgehead atoms. The molecule has 4 N–H and O–H groups in total. The number of aromatic nitrogens is 12. The van der Waals surface area contributed by atoms with E-state index in [-0.39, 0.29) is 64.6 Å². The van der Waals surface area contributed by atoms with Gasteiger partial charge >= 0.3 is 0 Å². The highest BCUT2D eigenvalue weighted by Crippen LogP contribution is 2.42. The summed E-state index contributed by atoms with van der Waals surface area (Å²) in [5.74, 6) is 10.8. The number of carbonyl (C=O) groups is 4. The van der Waals surface area contributed by atoms with Gasteiger partial charge in [-0.1, -0.05) is 95.4 Å². The van der Waals surface area contributed by atoms with Gasteiger partial charge in [-0.25, -0.2) is 46.9 Å². The summed E-state index contributed by atoms with van der Waals surface area (Å²) in [5.41, 5.74) is 25.4. The van der Waals surface area contributed by atoms with Crippen LogP contribution in [0, 0.1) is 97.7 Å². The van der Waals surface area contributed by atoms with E-state index in [4.69, 9.17) is 67.3 Å². The maximum absolute atomic E-state index is 14.7. The van der Waals surface area contributed by atoms with Crippen LogP contribution in [-0.2, 0) is 0 Å². The van der Waals surface area contributed by atoms with Crippen molar-refractivity contribution in [1.29, 1.82) is 0 Å². The third kappa shape index (κ3) is 18.1. The van der Waals surface area contributed by atoms with Crippen molar-refractivity contribution in [3.8, 4) is 102 Å². The van der Waals surface area contributed by atoms with E-state index in [0.717, 1.165) is 46.8 Å². The topological polar surface area (TPSA) is 311 Å². The number of terminal acetylenes is 5. The first-order chi connectivity index (χ1) is 69.6. The summed E-state index contributed by atoms with van der Waals surface area (Å²) in [4.78, 5) is 101. The highest BCUT2D eigenvalue weighted by atomic mass is 19.1. The van der Waals surface area contributed by atoms with Gasteiger partial charge in [0.1, 0.15) is 60.7 Å². The fraction of sp³-hybridized carbons (Fsp3) is 0.150. The minimum Gasteiger partial charge on any atom is -0.364 e. The lowest BCUT2D eigenvalue weighted by atomic mass is 9.98. The molecule has 1 aliphatic carbocycles. The normalized spacial score (nSPS) is 15.5. The van der Waals surface area contributed by atoms with Crippen LogP contribution in [0.5, 0.6) is 0 Å². The highest BCUT2D eigenvalue weighted by Gasteiger charge is 2.38. The molecule has 0 radical (unpaired) electrons. The second-order valence-electron chi connectivity index (χ2n) is 34.3. The van der Waals surface area contributed by atoms with Crippen LogP contribution in [-0.4, -0.2) is 142 Å². The third-order valence-corrected chi connectivity index (χ3v) is 24.8. The van der Waals surface area contributed by atoms with Crippen molar-refractivity contribution in [2.45, 2.75) is 90.6 Å². The quantitative estimate of drug-likeness (QED) is 0.0804. The molecule has 11 heterocycles. The average molecular weight is 1910 g/mol. The van der Waals surface area contributed by atoms with Gasteiger partial charge in [-0.05, 0) is 206 Å². The number of nitrogens with zero attached hydrogens (tertiary/aromatic N) is 18. The number of hydrogen-bond donors (Lipinski definition) is 3. The Morgan fingerprint density at radius 2 is 0.646 bits per heavy atom. The zero-order valence-electron chi connectivity index (χ0n) is 78.9. The number of aryl methyl sites for hydroxylation is 1. The number of nitrogens with one attached hydrogen (secondary N) is 2. The predicted octanol–water partition coefficient (Wildman–Crippen LogP) is 17.9. The lowest BCUT2D eigenvalue weighted by Crippen LogP contribution is -2.27. The Hall–Kier alpha value is -18.9. The van der Waals surface area contributed by atoms with Crippen molar-refractivity contribution in [2.24, 2.45) is 30.7 Å². The lowest BCUT2D eigenvalue weighted by Gasteiger charge is -2.14. The molecule has 0 spiro atoms. The predicted molar refractivity (Wildman–Crippen MR) is 538 cm³/mol. The molecule has 1 fully saturated rings. The minimum absolute atomic E-state index is 0.146. The summed E-state index contributed by atoms with van der Waals surface area (Å²) >= 11 is 0. The van der Waals surface area contributed by atoms with Crippen LogP contribution in [0.2, 0.25) is 0 Å². The molecule has 1 saturated carbocycles. The maximum atomic E-state index is 14.7. The molecule has 708 valence electrons. The molecule has 16 aromatic rings. The first kappa shape index (κ1) is 95.4. The van der Waals surface area contributed by atoms with E-state index in [1.807, 2.05) is 126 Å². The fourth-order valence-corrected chi connectivity index (χ4v) is 17.9. The number of primary amides is 1. The molecule has 0 unspecified atom stereocenters. The lowest BCUT2D eigenvalue weighted by molar-refractivity contribution is 0.0819. The van der Waals surface area contributed by atoms with Crippen LogP contribution in [0.3, 0.4) is 0 Å². The number of amides is 4. The van der Waals surface area contributed by atoms with E-state index in [1.165, 1.54) is 41.6 Å². The first-order valence-corrected chi connectivity index (χ1v) is 45.5. The van der Waals surface area contributed by atoms with Crippen LogP contribution in [0.15, 0.2) is 273 Å². The number of benzene rings is 10. The summed E-state index contributed by atoms with van der Waals surface area (Å²) < 4.78 is 87.9. The van der Waals surface area contributed by atoms with Gasteiger partial charge in [0, 0.05) is 111 Å². The van der Waals surface area contributed by atoms with Gasteiger partial charge in [0.2, 0.25) is 0 Å². The molecule has 144 heavy (non-hydrogen) atoms. The largest absolute Gasteiger partial charge is 0.364 e.